The van der Waals surface area contributed by atoms with E-state index in [2.05, 4.69) is 23.4 Å². The predicted octanol–water partition coefficient (Wildman–Crippen LogP) is 5.07. The zero-order valence-corrected chi connectivity index (χ0v) is 16.4. The first-order valence-corrected chi connectivity index (χ1v) is 9.45. The van der Waals surface area contributed by atoms with Gasteiger partial charge in [-0.05, 0) is 39.2 Å². The van der Waals surface area contributed by atoms with Crippen LogP contribution in [-0.2, 0) is 16.1 Å². The van der Waals surface area contributed by atoms with Gasteiger partial charge >= 0.3 is 6.09 Å². The topological polar surface area (TPSA) is 47.6 Å². The Morgan fingerprint density at radius 3 is 2.50 bits per heavy atom. The van der Waals surface area contributed by atoms with Crippen molar-refractivity contribution in [1.82, 2.24) is 5.32 Å². The highest BCUT2D eigenvalue weighted by atomic mass is 16.6. The number of terminal acetylenes is 1. The van der Waals surface area contributed by atoms with Gasteiger partial charge in [0.05, 0.1) is 6.61 Å². The number of carbonyl (C=O) groups excluding carboxylic acids is 1. The molecule has 0 saturated heterocycles. The average molecular weight is 360 g/mol. The van der Waals surface area contributed by atoms with Crippen LogP contribution in [0.3, 0.4) is 0 Å². The average Bonchev–Trinajstić information content (AvgIpc) is 2.56. The third-order valence-corrected chi connectivity index (χ3v) is 3.79. The summed E-state index contributed by atoms with van der Waals surface area (Å²) in [4.78, 5) is 11.8. The number of ether oxygens (including phenoxy) is 2. The second-order valence-electron chi connectivity index (χ2n) is 7.49. The molecule has 0 radical (unpaired) electrons. The predicted molar refractivity (Wildman–Crippen MR) is 106 cm³/mol. The first-order chi connectivity index (χ1) is 12.4. The lowest BCUT2D eigenvalue weighted by Crippen LogP contribution is -2.39. The van der Waals surface area contributed by atoms with Crippen LogP contribution in [0.2, 0.25) is 0 Å². The Morgan fingerprint density at radius 2 is 1.85 bits per heavy atom. The summed E-state index contributed by atoms with van der Waals surface area (Å²) in [5, 5.41) is 2.88. The van der Waals surface area contributed by atoms with Crippen molar-refractivity contribution >= 4 is 6.09 Å². The van der Waals surface area contributed by atoms with E-state index in [0.29, 0.717) is 13.0 Å². The van der Waals surface area contributed by atoms with Crippen LogP contribution in [-0.4, -0.2) is 24.3 Å². The molecule has 144 valence electrons. The van der Waals surface area contributed by atoms with Crippen molar-refractivity contribution in [1.29, 1.82) is 0 Å². The van der Waals surface area contributed by atoms with Gasteiger partial charge in [-0.15, -0.1) is 12.3 Å². The Balaban J connectivity index is 2.09. The maximum Gasteiger partial charge on any atom is 0.407 e. The molecule has 1 N–H and O–H groups in total. The van der Waals surface area contributed by atoms with E-state index in [1.807, 2.05) is 39.0 Å². The highest BCUT2D eigenvalue weighted by molar-refractivity contribution is 5.68. The minimum absolute atomic E-state index is 0.0239. The van der Waals surface area contributed by atoms with Gasteiger partial charge in [0, 0.05) is 19.1 Å². The third-order valence-electron chi connectivity index (χ3n) is 3.79. The van der Waals surface area contributed by atoms with Gasteiger partial charge < -0.3 is 14.8 Å². The Labute approximate surface area is 158 Å². The maximum atomic E-state index is 11.8. The van der Waals surface area contributed by atoms with Crippen LogP contribution in [0.1, 0.15) is 64.9 Å². The van der Waals surface area contributed by atoms with Gasteiger partial charge in [0.25, 0.3) is 0 Å². The molecule has 26 heavy (non-hydrogen) atoms. The standard InChI is InChI=1S/C22H33NO3/c1-5-13-20(23-21(24)26-22(2,3)4)16-11-6-7-12-17-25-18-19-14-9-8-10-15-19/h1,8-10,14-15,20H,6-7,11-13,16-18H2,2-4H3,(H,23,24)/t20-/m0/s1. The molecule has 0 aliphatic rings. The second kappa shape index (κ2) is 12.4. The molecule has 1 amide bonds. The van der Waals surface area contributed by atoms with Gasteiger partial charge in [0.2, 0.25) is 0 Å². The number of nitrogens with one attached hydrogen (secondary N) is 1. The van der Waals surface area contributed by atoms with Crippen molar-refractivity contribution in [3.63, 3.8) is 0 Å². The Bertz CT molecular complexity index is 543. The van der Waals surface area contributed by atoms with Crippen molar-refractivity contribution < 1.29 is 14.3 Å². The molecule has 0 aliphatic heterocycles. The van der Waals surface area contributed by atoms with E-state index in [1.54, 1.807) is 0 Å². The first kappa shape index (κ1) is 22.1. The number of hydrogen-bond donors (Lipinski definition) is 1. The first-order valence-electron chi connectivity index (χ1n) is 9.45. The fourth-order valence-corrected chi connectivity index (χ4v) is 2.55. The van der Waals surface area contributed by atoms with Crippen LogP contribution in [0.25, 0.3) is 0 Å². The zero-order chi connectivity index (χ0) is 19.3. The molecule has 0 aliphatic carbocycles. The van der Waals surface area contributed by atoms with Crippen LogP contribution in [0, 0.1) is 12.3 Å². The molecule has 1 aromatic rings. The minimum Gasteiger partial charge on any atom is -0.444 e. The van der Waals surface area contributed by atoms with E-state index >= 15 is 0 Å². The van der Waals surface area contributed by atoms with E-state index in [1.165, 1.54) is 5.56 Å². The van der Waals surface area contributed by atoms with Crippen molar-refractivity contribution in [2.24, 2.45) is 0 Å². The molecule has 0 saturated carbocycles. The van der Waals surface area contributed by atoms with Crippen molar-refractivity contribution in [2.75, 3.05) is 6.61 Å². The lowest BCUT2D eigenvalue weighted by molar-refractivity contribution is 0.0502. The summed E-state index contributed by atoms with van der Waals surface area (Å²) in [6.45, 7) is 7.00. The number of amides is 1. The summed E-state index contributed by atoms with van der Waals surface area (Å²) in [5.74, 6) is 2.63. The largest absolute Gasteiger partial charge is 0.444 e. The van der Waals surface area contributed by atoms with Crippen molar-refractivity contribution in [3.05, 3.63) is 35.9 Å². The second-order valence-corrected chi connectivity index (χ2v) is 7.49. The SMILES string of the molecule is C#CC[C@@H](CCCCCCOCc1ccccc1)NC(=O)OC(C)(C)C. The molecule has 0 aromatic heterocycles. The molecule has 0 spiro atoms. The fourth-order valence-electron chi connectivity index (χ4n) is 2.55. The fraction of sp³-hybridized carbons (Fsp3) is 0.591. The van der Waals surface area contributed by atoms with Gasteiger partial charge in [-0.25, -0.2) is 4.79 Å². The summed E-state index contributed by atoms with van der Waals surface area (Å²) in [6.07, 6.45) is 10.7. The van der Waals surface area contributed by atoms with Crippen LogP contribution in [0.4, 0.5) is 4.79 Å². The molecule has 1 atom stereocenters. The van der Waals surface area contributed by atoms with Gasteiger partial charge in [-0.2, -0.15) is 0 Å². The molecule has 0 heterocycles. The lowest BCUT2D eigenvalue weighted by atomic mass is 10.0. The number of unbranched alkanes of at least 4 members (excludes halogenated alkanes) is 3. The Hall–Kier alpha value is -1.99. The van der Waals surface area contributed by atoms with Gasteiger partial charge in [0.1, 0.15) is 5.60 Å². The Morgan fingerprint density at radius 1 is 1.15 bits per heavy atom. The van der Waals surface area contributed by atoms with E-state index in [0.717, 1.165) is 38.7 Å². The van der Waals surface area contributed by atoms with Gasteiger partial charge in [-0.1, -0.05) is 49.6 Å². The molecule has 4 heteroatoms. The lowest BCUT2D eigenvalue weighted by Gasteiger charge is -2.22. The summed E-state index contributed by atoms with van der Waals surface area (Å²) < 4.78 is 11.0. The van der Waals surface area contributed by atoms with Gasteiger partial charge in [-0.3, -0.25) is 0 Å². The molecular formula is C22H33NO3. The highest BCUT2D eigenvalue weighted by Gasteiger charge is 2.18. The van der Waals surface area contributed by atoms with Gasteiger partial charge in [0.15, 0.2) is 0 Å². The Kier molecular flexibility index (Phi) is 10.5. The monoisotopic (exact) mass is 359 g/mol. The van der Waals surface area contributed by atoms with Crippen LogP contribution in [0.15, 0.2) is 30.3 Å². The van der Waals surface area contributed by atoms with Crippen LogP contribution >= 0.6 is 0 Å². The van der Waals surface area contributed by atoms with E-state index in [-0.39, 0.29) is 6.04 Å². The molecule has 1 rings (SSSR count). The van der Waals surface area contributed by atoms with Crippen LogP contribution < -0.4 is 5.32 Å². The molecular weight excluding hydrogens is 326 g/mol. The number of benzene rings is 1. The highest BCUT2D eigenvalue weighted by Crippen LogP contribution is 2.11. The number of rotatable bonds is 11. The smallest absolute Gasteiger partial charge is 0.407 e. The molecule has 0 bridgehead atoms. The number of carbonyl (C=O) groups is 1. The van der Waals surface area contributed by atoms with Crippen LogP contribution in [0.5, 0.6) is 0 Å². The number of alkyl carbamates (subject to hydrolysis) is 1. The normalized spacial score (nSPS) is 12.2. The third kappa shape index (κ3) is 11.5. The summed E-state index contributed by atoms with van der Waals surface area (Å²) >= 11 is 0. The zero-order valence-electron chi connectivity index (χ0n) is 16.4. The van der Waals surface area contributed by atoms with Crippen molar-refractivity contribution in [2.45, 2.75) is 77.5 Å². The van der Waals surface area contributed by atoms with Crippen molar-refractivity contribution in [3.8, 4) is 12.3 Å². The molecule has 0 fully saturated rings. The quantitative estimate of drug-likeness (QED) is 0.443. The van der Waals surface area contributed by atoms with E-state index in [9.17, 15) is 4.79 Å². The number of hydrogen-bond acceptors (Lipinski definition) is 3. The van der Waals surface area contributed by atoms with E-state index in [4.69, 9.17) is 15.9 Å². The summed E-state index contributed by atoms with van der Waals surface area (Å²) in [6, 6.07) is 10.2. The molecule has 4 nitrogen and oxygen atoms in total. The van der Waals surface area contributed by atoms with E-state index < -0.39 is 11.7 Å². The minimum atomic E-state index is -0.496. The molecule has 0 unspecified atom stereocenters. The summed E-state index contributed by atoms with van der Waals surface area (Å²) in [5.41, 5.74) is 0.711. The summed E-state index contributed by atoms with van der Waals surface area (Å²) in [7, 11) is 0. The molecule has 1 aromatic carbocycles. The maximum absolute atomic E-state index is 11.8.